The van der Waals surface area contributed by atoms with Crippen LogP contribution in [0.25, 0.3) is 0 Å². The predicted molar refractivity (Wildman–Crippen MR) is 214 cm³/mol. The van der Waals surface area contributed by atoms with Crippen LogP contribution in [0.1, 0.15) is 98.8 Å². The zero-order chi connectivity index (χ0) is 43.7. The summed E-state index contributed by atoms with van der Waals surface area (Å²) in [4.78, 5) is 91.4. The fourth-order valence-electron chi connectivity index (χ4n) is 5.61. The van der Waals surface area contributed by atoms with Gasteiger partial charge < -0.3 is 70.4 Å². The van der Waals surface area contributed by atoms with E-state index in [9.17, 15) is 43.8 Å². The van der Waals surface area contributed by atoms with Gasteiger partial charge in [-0.15, -0.1) is 0 Å². The lowest BCUT2D eigenvalue weighted by Crippen LogP contribution is -2.59. The fourth-order valence-corrected chi connectivity index (χ4v) is 5.61. The van der Waals surface area contributed by atoms with Gasteiger partial charge in [0.1, 0.15) is 24.2 Å². The van der Waals surface area contributed by atoms with Gasteiger partial charge in [-0.05, 0) is 89.6 Å². The van der Waals surface area contributed by atoms with Crippen LogP contribution in [-0.2, 0) is 33.6 Å². The number of carboxylic acids is 1. The number of hydrogen-bond acceptors (Lipinski definition) is 12. The quantitative estimate of drug-likeness (QED) is 0.0195. The second-order valence-corrected chi connectivity index (χ2v) is 14.7. The summed E-state index contributed by atoms with van der Waals surface area (Å²) >= 11 is 0. The maximum atomic E-state index is 13.8. The maximum Gasteiger partial charge on any atom is 0.328 e. The van der Waals surface area contributed by atoms with Gasteiger partial charge in [0.25, 0.3) is 0 Å². The Hall–Kier alpha value is -4.60. The third-order valence-corrected chi connectivity index (χ3v) is 9.12. The first kappa shape index (κ1) is 52.4. The number of carbonyl (C=O) groups excluding carboxylic acids is 6. The minimum atomic E-state index is -1.65. The van der Waals surface area contributed by atoms with E-state index < -0.39 is 90.3 Å². The molecule has 0 saturated heterocycles. The normalized spacial score (nSPS) is 15.3. The van der Waals surface area contributed by atoms with Crippen molar-refractivity contribution in [3.05, 3.63) is 0 Å². The van der Waals surface area contributed by atoms with Crippen molar-refractivity contribution in [2.45, 2.75) is 141 Å². The van der Waals surface area contributed by atoms with Gasteiger partial charge in [-0.1, -0.05) is 34.1 Å². The largest absolute Gasteiger partial charge is 0.480 e. The van der Waals surface area contributed by atoms with E-state index in [1.807, 2.05) is 20.8 Å². The summed E-state index contributed by atoms with van der Waals surface area (Å²) in [6, 6.07) is -7.17. The Labute approximate surface area is 335 Å². The topological polar surface area (TPSA) is 372 Å². The number of hydrogen-bond donors (Lipinski definition) is 14. The highest BCUT2D eigenvalue weighted by atomic mass is 16.4. The summed E-state index contributed by atoms with van der Waals surface area (Å²) in [5.41, 5.74) is 22.7. The summed E-state index contributed by atoms with van der Waals surface area (Å²) < 4.78 is 0. The Bertz CT molecular complexity index is 1300. The van der Waals surface area contributed by atoms with E-state index in [4.69, 9.17) is 28.3 Å². The second-order valence-electron chi connectivity index (χ2n) is 14.7. The van der Waals surface area contributed by atoms with E-state index in [2.05, 4.69) is 37.2 Å². The van der Waals surface area contributed by atoms with E-state index in [-0.39, 0.29) is 50.0 Å². The number of amides is 6. The van der Waals surface area contributed by atoms with Gasteiger partial charge in [-0.25, -0.2) is 4.79 Å². The lowest BCUT2D eigenvalue weighted by Gasteiger charge is -2.27. The minimum Gasteiger partial charge on any atom is -0.480 e. The molecule has 18 N–H and O–H groups in total. The van der Waals surface area contributed by atoms with Crippen molar-refractivity contribution in [3.63, 3.8) is 0 Å². The molecule has 6 amide bonds. The molecule has 0 aliphatic heterocycles. The molecule has 21 nitrogen and oxygen atoms in total. The van der Waals surface area contributed by atoms with Crippen LogP contribution in [0.4, 0.5) is 0 Å². The lowest BCUT2D eigenvalue weighted by atomic mass is 9.97. The molecule has 0 aliphatic rings. The minimum absolute atomic E-state index is 0.0161. The van der Waals surface area contributed by atoms with Crippen molar-refractivity contribution in [2.24, 2.45) is 34.8 Å². The van der Waals surface area contributed by atoms with Crippen LogP contribution in [0.15, 0.2) is 0 Å². The summed E-state index contributed by atoms with van der Waals surface area (Å²) in [6.45, 7) is 8.84. The summed E-state index contributed by atoms with van der Waals surface area (Å²) in [7, 11) is 0. The van der Waals surface area contributed by atoms with Gasteiger partial charge in [0.05, 0.1) is 18.7 Å². The zero-order valence-electron chi connectivity index (χ0n) is 34.2. The number of nitrogens with two attached hydrogens (primary N) is 4. The molecule has 0 aromatic heterocycles. The van der Waals surface area contributed by atoms with E-state index in [1.165, 1.54) is 6.92 Å². The molecule has 0 spiro atoms. The molecule has 0 bridgehead atoms. The van der Waals surface area contributed by atoms with Crippen molar-refractivity contribution < 1.29 is 43.8 Å². The molecule has 328 valence electrons. The molecule has 0 rings (SSSR count). The molecule has 0 aliphatic carbocycles. The first-order valence-corrected chi connectivity index (χ1v) is 19.7. The van der Waals surface area contributed by atoms with Crippen LogP contribution in [0.3, 0.4) is 0 Å². The number of carbonyl (C=O) groups is 7. The van der Waals surface area contributed by atoms with Crippen LogP contribution in [0.2, 0.25) is 0 Å². The standard InChI is InChI=1S/C36H70N12O9/c1-6-21(4)28(47-30(51)23(39)18-20(2)3)34(55)43-19-27(50)44-24(14-11-17-42-36(40)41)31(52)45-25(12-7-9-15-37)32(53)46-26(13-8-10-16-38)33(54)48-29(22(5)49)35(56)57/h20-26,28-29,49H,6-19,37-39H2,1-5H3,(H,43,55)(H,44,50)(H,45,52)(H,46,53)(H,47,51)(H,48,54)(H,56,57)(H4,40,41,42). The fraction of sp³-hybridized carbons (Fsp3) is 0.778. The number of carboxylic acid groups (broad SMARTS) is 1. The van der Waals surface area contributed by atoms with Crippen LogP contribution in [-0.4, -0.2) is 126 Å². The Balaban J connectivity index is 6.15. The third-order valence-electron chi connectivity index (χ3n) is 9.12. The molecule has 0 heterocycles. The molecule has 8 unspecified atom stereocenters. The van der Waals surface area contributed by atoms with E-state index >= 15 is 0 Å². The lowest BCUT2D eigenvalue weighted by molar-refractivity contribution is -0.145. The second kappa shape index (κ2) is 28.7. The Morgan fingerprint density at radius 2 is 1.12 bits per heavy atom. The first-order chi connectivity index (χ1) is 26.8. The van der Waals surface area contributed by atoms with Crippen LogP contribution < -0.4 is 60.2 Å². The number of aliphatic carboxylic acids is 1. The average Bonchev–Trinajstić information content (AvgIpc) is 3.14. The molecular weight excluding hydrogens is 744 g/mol. The van der Waals surface area contributed by atoms with Crippen LogP contribution in [0.5, 0.6) is 0 Å². The molecule has 21 heteroatoms. The maximum absolute atomic E-state index is 13.8. The van der Waals surface area contributed by atoms with E-state index in [0.717, 1.165) is 0 Å². The number of unbranched alkanes of at least 4 members (excludes halogenated alkanes) is 2. The Kier molecular flexibility index (Phi) is 26.4. The van der Waals surface area contributed by atoms with E-state index in [0.29, 0.717) is 51.6 Å². The van der Waals surface area contributed by atoms with Crippen LogP contribution in [0, 0.1) is 17.2 Å². The number of aliphatic hydroxyl groups is 1. The monoisotopic (exact) mass is 815 g/mol. The van der Waals surface area contributed by atoms with Gasteiger partial charge in [-0.2, -0.15) is 0 Å². The average molecular weight is 815 g/mol. The van der Waals surface area contributed by atoms with Gasteiger partial charge >= 0.3 is 5.97 Å². The molecule has 57 heavy (non-hydrogen) atoms. The van der Waals surface area contributed by atoms with Crippen molar-refractivity contribution >= 4 is 47.4 Å². The molecule has 0 saturated carbocycles. The van der Waals surface area contributed by atoms with E-state index in [1.54, 1.807) is 6.92 Å². The Morgan fingerprint density at radius 3 is 1.56 bits per heavy atom. The Morgan fingerprint density at radius 1 is 0.649 bits per heavy atom. The van der Waals surface area contributed by atoms with Crippen molar-refractivity contribution in [2.75, 3.05) is 26.2 Å². The van der Waals surface area contributed by atoms with Crippen LogP contribution >= 0.6 is 0 Å². The summed E-state index contributed by atoms with van der Waals surface area (Å²) in [6.07, 6.45) is 1.69. The van der Waals surface area contributed by atoms with Crippen molar-refractivity contribution in [1.29, 1.82) is 5.41 Å². The molecule has 8 atom stereocenters. The molecule has 0 radical (unpaired) electrons. The summed E-state index contributed by atoms with van der Waals surface area (Å²) in [5.74, 6) is -6.21. The molecule has 0 fully saturated rings. The van der Waals surface area contributed by atoms with Crippen molar-refractivity contribution in [1.82, 2.24) is 37.2 Å². The van der Waals surface area contributed by atoms with Gasteiger partial charge in [0.2, 0.25) is 35.4 Å². The van der Waals surface area contributed by atoms with Gasteiger partial charge in [0.15, 0.2) is 12.0 Å². The highest BCUT2D eigenvalue weighted by molar-refractivity contribution is 5.96. The summed E-state index contributed by atoms with van der Waals surface area (Å²) in [5, 5.41) is 44.6. The molecule has 0 aromatic rings. The number of rotatable bonds is 30. The highest BCUT2D eigenvalue weighted by Crippen LogP contribution is 2.11. The molecule has 0 aromatic carbocycles. The van der Waals surface area contributed by atoms with Gasteiger partial charge in [0, 0.05) is 6.54 Å². The molecular formula is C36H70N12O9. The number of aliphatic hydroxyl groups excluding tert-OH is 1. The smallest absolute Gasteiger partial charge is 0.328 e. The van der Waals surface area contributed by atoms with Gasteiger partial charge in [-0.3, -0.25) is 34.2 Å². The third kappa shape index (κ3) is 22.1. The number of guanidine groups is 1. The zero-order valence-corrected chi connectivity index (χ0v) is 34.2. The predicted octanol–water partition coefficient (Wildman–Crippen LogP) is -3.07. The SMILES string of the molecule is CCC(C)C(NC(=O)C(N)CC(C)C)C(=O)NCC(=O)NC(CCCNC(=N)N)C(=O)NC(CCCCN)C(=O)NC(CCCCN)C(=O)NC(C(=O)O)C(C)O. The number of nitrogens with one attached hydrogen (secondary N) is 8. The highest BCUT2D eigenvalue weighted by Gasteiger charge is 2.33. The van der Waals surface area contributed by atoms with Crippen molar-refractivity contribution in [3.8, 4) is 0 Å². The first-order valence-electron chi connectivity index (χ1n) is 19.7.